The molecular weight excluding hydrogens is 238 g/mol. The first kappa shape index (κ1) is 14.7. The molecule has 5 heteroatoms. The second-order valence-corrected chi connectivity index (χ2v) is 5.07. The zero-order valence-electron chi connectivity index (χ0n) is 10.4. The van der Waals surface area contributed by atoms with Gasteiger partial charge in [-0.15, -0.1) is 12.4 Å². The molecule has 0 aromatic heterocycles. The van der Waals surface area contributed by atoms with Crippen molar-refractivity contribution < 1.29 is 4.79 Å². The highest BCUT2D eigenvalue weighted by Gasteiger charge is 2.25. The van der Waals surface area contributed by atoms with Crippen LogP contribution in [-0.2, 0) is 4.79 Å². The first-order valence-electron chi connectivity index (χ1n) is 6.50. The lowest BCUT2D eigenvalue weighted by atomic mass is 10.1. The molecule has 100 valence electrons. The Morgan fingerprint density at radius 1 is 1.18 bits per heavy atom. The van der Waals surface area contributed by atoms with Crippen LogP contribution in [0.5, 0.6) is 0 Å². The van der Waals surface area contributed by atoms with E-state index < -0.39 is 0 Å². The molecule has 2 aliphatic heterocycles. The maximum Gasteiger partial charge on any atom is 0.236 e. The third-order valence-corrected chi connectivity index (χ3v) is 3.77. The Morgan fingerprint density at radius 2 is 1.88 bits per heavy atom. The number of hydrogen-bond acceptors (Lipinski definition) is 3. The topological polar surface area (TPSA) is 49.6 Å². The zero-order chi connectivity index (χ0) is 11.4. The van der Waals surface area contributed by atoms with Crippen molar-refractivity contribution in [2.24, 2.45) is 11.7 Å². The van der Waals surface area contributed by atoms with Gasteiger partial charge in [0.15, 0.2) is 0 Å². The fourth-order valence-electron chi connectivity index (χ4n) is 2.68. The number of hydrogen-bond donors (Lipinski definition) is 1. The Bertz CT molecular complexity index is 244. The lowest BCUT2D eigenvalue weighted by Crippen LogP contribution is -2.42. The highest BCUT2D eigenvalue weighted by Crippen LogP contribution is 2.15. The Morgan fingerprint density at radius 3 is 2.47 bits per heavy atom. The van der Waals surface area contributed by atoms with E-state index >= 15 is 0 Å². The van der Waals surface area contributed by atoms with Crippen molar-refractivity contribution in [3.8, 4) is 0 Å². The molecule has 0 bridgehead atoms. The highest BCUT2D eigenvalue weighted by molar-refractivity contribution is 5.85. The third-order valence-electron chi connectivity index (χ3n) is 3.77. The maximum absolute atomic E-state index is 12.0. The fraction of sp³-hybridized carbons (Fsp3) is 0.917. The van der Waals surface area contributed by atoms with Crippen LogP contribution in [0.4, 0.5) is 0 Å². The number of halogens is 1. The molecule has 2 rings (SSSR count). The fourth-order valence-corrected chi connectivity index (χ4v) is 2.68. The highest BCUT2D eigenvalue weighted by atomic mass is 35.5. The molecule has 0 aromatic carbocycles. The van der Waals surface area contributed by atoms with Gasteiger partial charge in [-0.3, -0.25) is 9.69 Å². The van der Waals surface area contributed by atoms with E-state index in [4.69, 9.17) is 5.73 Å². The minimum Gasteiger partial charge on any atom is -0.342 e. The molecule has 2 heterocycles. The number of rotatable bonds is 3. The van der Waals surface area contributed by atoms with Gasteiger partial charge in [-0.25, -0.2) is 0 Å². The lowest BCUT2D eigenvalue weighted by Gasteiger charge is -2.28. The van der Waals surface area contributed by atoms with Crippen LogP contribution in [0, 0.1) is 5.92 Å². The van der Waals surface area contributed by atoms with Crippen molar-refractivity contribution in [2.75, 3.05) is 39.3 Å². The molecule has 0 saturated carbocycles. The molecule has 4 nitrogen and oxygen atoms in total. The largest absolute Gasteiger partial charge is 0.342 e. The van der Waals surface area contributed by atoms with E-state index in [-0.39, 0.29) is 12.4 Å². The summed E-state index contributed by atoms with van der Waals surface area (Å²) < 4.78 is 0. The maximum atomic E-state index is 12.0. The van der Waals surface area contributed by atoms with Gasteiger partial charge in [0.1, 0.15) is 0 Å². The average molecular weight is 262 g/mol. The van der Waals surface area contributed by atoms with Gasteiger partial charge in [0.25, 0.3) is 0 Å². The summed E-state index contributed by atoms with van der Waals surface area (Å²) in [7, 11) is 0. The summed E-state index contributed by atoms with van der Waals surface area (Å²) >= 11 is 0. The third kappa shape index (κ3) is 4.12. The molecule has 2 aliphatic rings. The van der Waals surface area contributed by atoms with Crippen LogP contribution in [0.25, 0.3) is 0 Å². The minimum atomic E-state index is 0. The number of nitrogens with two attached hydrogens (primary N) is 1. The normalized spacial score (nSPS) is 25.7. The molecule has 2 N–H and O–H groups in total. The van der Waals surface area contributed by atoms with Crippen LogP contribution in [0.3, 0.4) is 0 Å². The molecule has 2 fully saturated rings. The predicted octanol–water partition coefficient (Wildman–Crippen LogP) is 0.701. The first-order valence-corrected chi connectivity index (χ1v) is 6.50. The van der Waals surface area contributed by atoms with Crippen molar-refractivity contribution in [3.63, 3.8) is 0 Å². The van der Waals surface area contributed by atoms with E-state index in [2.05, 4.69) is 4.90 Å². The molecule has 2 saturated heterocycles. The molecule has 0 aromatic rings. The van der Waals surface area contributed by atoms with Crippen LogP contribution in [0.2, 0.25) is 0 Å². The summed E-state index contributed by atoms with van der Waals surface area (Å²) in [5, 5.41) is 0. The minimum absolute atomic E-state index is 0. The molecule has 1 amide bonds. The van der Waals surface area contributed by atoms with Crippen LogP contribution in [-0.4, -0.2) is 55.0 Å². The predicted molar refractivity (Wildman–Crippen MR) is 71.3 cm³/mol. The molecule has 0 spiro atoms. The van der Waals surface area contributed by atoms with Crippen molar-refractivity contribution in [3.05, 3.63) is 0 Å². The summed E-state index contributed by atoms with van der Waals surface area (Å²) in [5.41, 5.74) is 5.65. The van der Waals surface area contributed by atoms with E-state index in [1.165, 1.54) is 19.3 Å². The van der Waals surface area contributed by atoms with Gasteiger partial charge >= 0.3 is 0 Å². The molecular formula is C12H24ClN3O. The molecule has 0 aliphatic carbocycles. The quantitative estimate of drug-likeness (QED) is 0.814. The van der Waals surface area contributed by atoms with Crippen LogP contribution in [0.15, 0.2) is 0 Å². The first-order chi connectivity index (χ1) is 7.79. The Kier molecular flexibility index (Phi) is 6.23. The molecule has 0 radical (unpaired) electrons. The van der Waals surface area contributed by atoms with Gasteiger partial charge in [-0.1, -0.05) is 0 Å². The van der Waals surface area contributed by atoms with Crippen molar-refractivity contribution in [1.29, 1.82) is 0 Å². The standard InChI is InChI=1S/C12H23N3O.ClH/c13-8-11-4-7-14(9-11)10-12(16)15-5-2-1-3-6-15;/h11H,1-10,13H2;1H. The Balaban J connectivity index is 0.00000144. The van der Waals surface area contributed by atoms with Gasteiger partial charge in [-0.05, 0) is 44.7 Å². The Hall–Kier alpha value is -0.320. The van der Waals surface area contributed by atoms with Crippen molar-refractivity contribution in [1.82, 2.24) is 9.80 Å². The van der Waals surface area contributed by atoms with E-state index in [1.807, 2.05) is 4.90 Å². The SMILES string of the molecule is Cl.NCC1CCN(CC(=O)N2CCCCC2)C1. The van der Waals surface area contributed by atoms with Gasteiger partial charge in [0.2, 0.25) is 5.91 Å². The second-order valence-electron chi connectivity index (χ2n) is 5.07. The number of carbonyl (C=O) groups is 1. The lowest BCUT2D eigenvalue weighted by molar-refractivity contribution is -0.133. The molecule has 17 heavy (non-hydrogen) atoms. The second kappa shape index (κ2) is 7.19. The Labute approximate surface area is 110 Å². The molecule has 1 atom stereocenters. The molecule has 1 unspecified atom stereocenters. The average Bonchev–Trinajstić information content (AvgIpc) is 2.78. The van der Waals surface area contributed by atoms with Crippen molar-refractivity contribution in [2.45, 2.75) is 25.7 Å². The van der Waals surface area contributed by atoms with E-state index in [9.17, 15) is 4.79 Å². The number of amides is 1. The number of likely N-dealkylation sites (tertiary alicyclic amines) is 2. The number of piperidine rings is 1. The van der Waals surface area contributed by atoms with Gasteiger partial charge < -0.3 is 10.6 Å². The van der Waals surface area contributed by atoms with Crippen LogP contribution >= 0.6 is 12.4 Å². The van der Waals surface area contributed by atoms with Crippen molar-refractivity contribution >= 4 is 18.3 Å². The number of nitrogens with zero attached hydrogens (tertiary/aromatic N) is 2. The van der Waals surface area contributed by atoms with Gasteiger partial charge in [0, 0.05) is 19.6 Å². The monoisotopic (exact) mass is 261 g/mol. The zero-order valence-corrected chi connectivity index (χ0v) is 11.3. The van der Waals surface area contributed by atoms with E-state index in [0.717, 1.165) is 39.1 Å². The summed E-state index contributed by atoms with van der Waals surface area (Å²) in [6.45, 7) is 5.35. The van der Waals surface area contributed by atoms with Gasteiger partial charge in [0.05, 0.1) is 6.54 Å². The summed E-state index contributed by atoms with van der Waals surface area (Å²) in [5.74, 6) is 0.923. The number of carbonyl (C=O) groups excluding carboxylic acids is 1. The van der Waals surface area contributed by atoms with Gasteiger partial charge in [-0.2, -0.15) is 0 Å². The smallest absolute Gasteiger partial charge is 0.236 e. The van der Waals surface area contributed by atoms with E-state index in [0.29, 0.717) is 18.4 Å². The summed E-state index contributed by atoms with van der Waals surface area (Å²) in [6.07, 6.45) is 4.79. The van der Waals surface area contributed by atoms with E-state index in [1.54, 1.807) is 0 Å². The summed E-state index contributed by atoms with van der Waals surface area (Å²) in [4.78, 5) is 16.3. The summed E-state index contributed by atoms with van der Waals surface area (Å²) in [6, 6.07) is 0. The van der Waals surface area contributed by atoms with Crippen LogP contribution < -0.4 is 5.73 Å². The van der Waals surface area contributed by atoms with Crippen LogP contribution in [0.1, 0.15) is 25.7 Å².